The van der Waals surface area contributed by atoms with Gasteiger partial charge in [0.25, 0.3) is 0 Å². The van der Waals surface area contributed by atoms with Crippen LogP contribution in [0.4, 0.5) is 0 Å². The van der Waals surface area contributed by atoms with Gasteiger partial charge in [0.1, 0.15) is 6.61 Å². The predicted molar refractivity (Wildman–Crippen MR) is 99.6 cm³/mol. The Labute approximate surface area is 148 Å². The van der Waals surface area contributed by atoms with Crippen molar-refractivity contribution in [2.24, 2.45) is 11.8 Å². The van der Waals surface area contributed by atoms with E-state index in [2.05, 4.69) is 54.0 Å². The Morgan fingerprint density at radius 3 is 2.30 bits per heavy atom. The molecular weight excluding hydrogens is 352 g/mol. The van der Waals surface area contributed by atoms with Gasteiger partial charge in [0.15, 0.2) is 11.5 Å². The number of hydrogen-bond donors (Lipinski definition) is 0. The van der Waals surface area contributed by atoms with E-state index in [1.165, 1.54) is 5.56 Å². The summed E-state index contributed by atoms with van der Waals surface area (Å²) in [7, 11) is 1.68. The summed E-state index contributed by atoms with van der Waals surface area (Å²) in [5.41, 5.74) is 2.44. The minimum absolute atomic E-state index is 0.548. The van der Waals surface area contributed by atoms with E-state index in [0.717, 1.165) is 28.8 Å². The quantitative estimate of drug-likeness (QED) is 0.567. The number of rotatable bonds is 8. The van der Waals surface area contributed by atoms with Crippen molar-refractivity contribution in [3.63, 3.8) is 0 Å². The number of alkyl halides is 1. The van der Waals surface area contributed by atoms with E-state index in [0.29, 0.717) is 18.4 Å². The Morgan fingerprint density at radius 1 is 0.957 bits per heavy atom. The number of benzene rings is 2. The van der Waals surface area contributed by atoms with Crippen LogP contribution in [-0.4, -0.2) is 12.4 Å². The molecule has 2 rings (SSSR count). The van der Waals surface area contributed by atoms with Crippen LogP contribution in [0, 0.1) is 11.8 Å². The van der Waals surface area contributed by atoms with Crippen molar-refractivity contribution in [3.8, 4) is 11.5 Å². The lowest BCUT2D eigenvalue weighted by molar-refractivity contribution is 0.284. The summed E-state index contributed by atoms with van der Waals surface area (Å²) in [6.07, 6.45) is 1.04. The minimum atomic E-state index is 0.548. The van der Waals surface area contributed by atoms with Gasteiger partial charge < -0.3 is 9.47 Å². The van der Waals surface area contributed by atoms with Crippen LogP contribution in [0.1, 0.15) is 25.0 Å². The Hall–Kier alpha value is -1.48. The maximum Gasteiger partial charge on any atom is 0.161 e. The van der Waals surface area contributed by atoms with Gasteiger partial charge in [-0.25, -0.2) is 0 Å². The van der Waals surface area contributed by atoms with Crippen molar-refractivity contribution >= 4 is 15.9 Å². The third-order valence-corrected chi connectivity index (χ3v) is 4.94. The summed E-state index contributed by atoms with van der Waals surface area (Å²) in [4.78, 5) is 0. The second kappa shape index (κ2) is 8.97. The molecule has 0 aliphatic carbocycles. The van der Waals surface area contributed by atoms with Crippen LogP contribution in [-0.2, 0) is 13.0 Å². The molecule has 2 aromatic rings. The number of halogens is 1. The molecule has 3 heteroatoms. The van der Waals surface area contributed by atoms with Crippen molar-refractivity contribution in [1.82, 2.24) is 0 Å². The molecule has 23 heavy (non-hydrogen) atoms. The van der Waals surface area contributed by atoms with E-state index in [1.807, 2.05) is 24.3 Å². The lowest BCUT2D eigenvalue weighted by atomic mass is 9.91. The van der Waals surface area contributed by atoms with Crippen LogP contribution >= 0.6 is 15.9 Å². The summed E-state index contributed by atoms with van der Waals surface area (Å²) >= 11 is 3.63. The average Bonchev–Trinajstić information content (AvgIpc) is 2.58. The van der Waals surface area contributed by atoms with Gasteiger partial charge in [-0.3, -0.25) is 0 Å². The van der Waals surface area contributed by atoms with Gasteiger partial charge in [0, 0.05) is 5.33 Å². The third kappa shape index (κ3) is 5.28. The first-order chi connectivity index (χ1) is 11.1. The number of hydrogen-bond acceptors (Lipinski definition) is 2. The van der Waals surface area contributed by atoms with Crippen molar-refractivity contribution in [1.29, 1.82) is 0 Å². The van der Waals surface area contributed by atoms with Gasteiger partial charge >= 0.3 is 0 Å². The maximum absolute atomic E-state index is 5.99. The first-order valence-electron chi connectivity index (χ1n) is 8.03. The molecule has 2 nitrogen and oxygen atoms in total. The predicted octanol–water partition coefficient (Wildman–Crippen LogP) is 5.48. The average molecular weight is 377 g/mol. The van der Waals surface area contributed by atoms with E-state index in [4.69, 9.17) is 9.47 Å². The molecule has 1 unspecified atom stereocenters. The van der Waals surface area contributed by atoms with E-state index >= 15 is 0 Å². The molecule has 0 aliphatic rings. The van der Waals surface area contributed by atoms with Gasteiger partial charge in [0.05, 0.1) is 7.11 Å². The minimum Gasteiger partial charge on any atom is -0.493 e. The van der Waals surface area contributed by atoms with Crippen LogP contribution in [0.2, 0.25) is 0 Å². The molecule has 1 atom stereocenters. The fourth-order valence-electron chi connectivity index (χ4n) is 2.47. The van der Waals surface area contributed by atoms with Crippen molar-refractivity contribution in [2.75, 3.05) is 12.4 Å². The van der Waals surface area contributed by atoms with Crippen LogP contribution in [0.3, 0.4) is 0 Å². The van der Waals surface area contributed by atoms with Crippen LogP contribution in [0.25, 0.3) is 0 Å². The lowest BCUT2D eigenvalue weighted by Gasteiger charge is -2.19. The second-order valence-corrected chi connectivity index (χ2v) is 6.77. The monoisotopic (exact) mass is 376 g/mol. The van der Waals surface area contributed by atoms with Crippen LogP contribution in [0.5, 0.6) is 11.5 Å². The fourth-order valence-corrected chi connectivity index (χ4v) is 3.44. The largest absolute Gasteiger partial charge is 0.493 e. The summed E-state index contributed by atoms with van der Waals surface area (Å²) in [5.74, 6) is 2.85. The standard InChI is InChI=1S/C20H25BrO2/c1-15(2)18(13-21)11-17-9-10-19(22-3)20(12-17)23-14-16-7-5-4-6-8-16/h4-10,12,15,18H,11,13-14H2,1-3H3. The molecule has 0 amide bonds. The molecule has 0 saturated carbocycles. The molecule has 0 aromatic heterocycles. The third-order valence-electron chi connectivity index (χ3n) is 4.10. The molecule has 0 N–H and O–H groups in total. The molecule has 124 valence electrons. The van der Waals surface area contributed by atoms with Crippen molar-refractivity contribution < 1.29 is 9.47 Å². The second-order valence-electron chi connectivity index (χ2n) is 6.12. The molecule has 0 bridgehead atoms. The fraction of sp³-hybridized carbons (Fsp3) is 0.400. The molecule has 0 radical (unpaired) electrons. The van der Waals surface area contributed by atoms with Gasteiger partial charge in [0.2, 0.25) is 0 Å². The zero-order chi connectivity index (χ0) is 16.7. The van der Waals surface area contributed by atoms with E-state index in [9.17, 15) is 0 Å². The highest BCUT2D eigenvalue weighted by Gasteiger charge is 2.14. The number of ether oxygens (including phenoxy) is 2. The highest BCUT2D eigenvalue weighted by atomic mass is 79.9. The topological polar surface area (TPSA) is 18.5 Å². The molecular formula is C20H25BrO2. The molecule has 2 aromatic carbocycles. The smallest absolute Gasteiger partial charge is 0.161 e. The lowest BCUT2D eigenvalue weighted by Crippen LogP contribution is -2.13. The van der Waals surface area contributed by atoms with Crippen molar-refractivity contribution in [2.45, 2.75) is 26.9 Å². The van der Waals surface area contributed by atoms with Crippen LogP contribution in [0.15, 0.2) is 48.5 Å². The Morgan fingerprint density at radius 2 is 1.70 bits per heavy atom. The Bertz CT molecular complexity index is 596. The zero-order valence-corrected chi connectivity index (χ0v) is 15.7. The molecule has 0 fully saturated rings. The van der Waals surface area contributed by atoms with E-state index < -0.39 is 0 Å². The first-order valence-corrected chi connectivity index (χ1v) is 9.15. The number of methoxy groups -OCH3 is 1. The molecule has 0 heterocycles. The van der Waals surface area contributed by atoms with Gasteiger partial charge in [-0.05, 0) is 41.5 Å². The van der Waals surface area contributed by atoms with Gasteiger partial charge in [-0.15, -0.1) is 0 Å². The summed E-state index contributed by atoms with van der Waals surface area (Å²) in [5, 5.41) is 1.01. The molecule has 0 spiro atoms. The van der Waals surface area contributed by atoms with E-state index in [1.54, 1.807) is 7.11 Å². The Balaban J connectivity index is 2.12. The highest BCUT2D eigenvalue weighted by Crippen LogP contribution is 2.31. The maximum atomic E-state index is 5.99. The van der Waals surface area contributed by atoms with Gasteiger partial charge in [-0.2, -0.15) is 0 Å². The normalized spacial score (nSPS) is 12.2. The van der Waals surface area contributed by atoms with Crippen LogP contribution < -0.4 is 9.47 Å². The first kappa shape index (κ1) is 17.9. The molecule has 0 saturated heterocycles. The van der Waals surface area contributed by atoms with E-state index in [-0.39, 0.29) is 0 Å². The molecule has 0 aliphatic heterocycles. The zero-order valence-electron chi connectivity index (χ0n) is 14.1. The summed E-state index contributed by atoms with van der Waals surface area (Å²) < 4.78 is 11.4. The SMILES string of the molecule is COc1ccc(CC(CBr)C(C)C)cc1OCc1ccccc1. The van der Waals surface area contributed by atoms with Gasteiger partial charge in [-0.1, -0.05) is 66.2 Å². The highest BCUT2D eigenvalue weighted by molar-refractivity contribution is 9.09. The van der Waals surface area contributed by atoms with Crippen molar-refractivity contribution in [3.05, 3.63) is 59.7 Å². The summed E-state index contributed by atoms with van der Waals surface area (Å²) in [6.45, 7) is 5.08. The Kier molecular flexibility index (Phi) is 6.97. The summed E-state index contributed by atoms with van der Waals surface area (Å²) in [6, 6.07) is 16.4.